The first-order valence-corrected chi connectivity index (χ1v) is 22.4. The lowest BCUT2D eigenvalue weighted by molar-refractivity contribution is -0.137. The molecule has 6 rings (SSSR count). The van der Waals surface area contributed by atoms with Crippen molar-refractivity contribution in [2.75, 3.05) is 29.3 Å². The summed E-state index contributed by atoms with van der Waals surface area (Å²) in [5.74, 6) is -1.95. The highest BCUT2D eigenvalue weighted by Gasteiger charge is 2.27. The molecule has 2 heterocycles. The molecule has 0 saturated heterocycles. The summed E-state index contributed by atoms with van der Waals surface area (Å²) in [4.78, 5) is 75.6. The van der Waals surface area contributed by atoms with Crippen LogP contribution in [0, 0.1) is 13.8 Å². The number of nitrogens with one attached hydrogen (secondary N) is 3. The van der Waals surface area contributed by atoms with E-state index in [1.807, 2.05) is 32.2 Å². The van der Waals surface area contributed by atoms with E-state index in [4.69, 9.17) is 14.6 Å². The fourth-order valence-corrected chi connectivity index (χ4v) is 7.62. The molecule has 0 fully saturated rings. The average Bonchev–Trinajstić information content (AvgIpc) is 3.59. The van der Waals surface area contributed by atoms with Gasteiger partial charge >= 0.3 is 12.1 Å². The summed E-state index contributed by atoms with van der Waals surface area (Å²) < 4.78 is 37.7. The molecule has 0 aliphatic carbocycles. The lowest BCUT2D eigenvalue weighted by atomic mass is 10.1. The number of nitrogens with zero attached hydrogens (tertiary/aromatic N) is 6. The number of methoxy groups -OCH3 is 1. The summed E-state index contributed by atoms with van der Waals surface area (Å²) in [6.45, 7) is 3.48. The number of carbonyl (C=O) groups is 5. The van der Waals surface area contributed by atoms with Gasteiger partial charge in [-0.15, -0.1) is 0 Å². The SMILES string of the molecule is COc1ccc(CNC(=O)CCC(=O)N[C@H](CCC(=O)O)C(=O)Nc2ccc(COC(=O)N(c3ccc(C)c(S(N)(=O)=O)c3)c3nccc(N(C)c4ccc5c(C)n(C)nc5c4)n3)cc2)cc1. The Morgan fingerprint density at radius 3 is 2.24 bits per heavy atom. The summed E-state index contributed by atoms with van der Waals surface area (Å²) in [6.07, 6.45) is -0.556. The van der Waals surface area contributed by atoms with Crippen molar-refractivity contribution in [3.8, 4) is 5.75 Å². The minimum Gasteiger partial charge on any atom is -0.497 e. The molecule has 21 heteroatoms. The van der Waals surface area contributed by atoms with Crippen LogP contribution in [0.3, 0.4) is 0 Å². The molecule has 2 aromatic heterocycles. The second-order valence-corrected chi connectivity index (χ2v) is 17.0. The van der Waals surface area contributed by atoms with E-state index >= 15 is 0 Å². The predicted molar refractivity (Wildman–Crippen MR) is 248 cm³/mol. The Morgan fingerprint density at radius 1 is 0.866 bits per heavy atom. The third kappa shape index (κ3) is 12.7. The summed E-state index contributed by atoms with van der Waals surface area (Å²) in [6, 6.07) is 23.7. The van der Waals surface area contributed by atoms with Gasteiger partial charge in [-0.2, -0.15) is 10.1 Å². The number of benzene rings is 4. The molecule has 0 spiro atoms. The third-order valence-corrected chi connectivity index (χ3v) is 11.8. The third-order valence-electron chi connectivity index (χ3n) is 10.7. The number of ether oxygens (including phenoxy) is 2. The molecule has 20 nitrogen and oxygen atoms in total. The van der Waals surface area contributed by atoms with Crippen LogP contribution in [-0.4, -0.2) is 83.3 Å². The molecule has 0 aliphatic rings. The van der Waals surface area contributed by atoms with Gasteiger partial charge in [-0.1, -0.05) is 30.3 Å². The minimum absolute atomic E-state index is 0.0559. The number of carbonyl (C=O) groups excluding carboxylic acids is 4. The van der Waals surface area contributed by atoms with E-state index in [0.717, 1.165) is 32.7 Å². The highest BCUT2D eigenvalue weighted by Crippen LogP contribution is 2.31. The number of primary sulfonamides is 1. The Hall–Kier alpha value is -7.91. The maximum atomic E-state index is 14.0. The number of hydrogen-bond acceptors (Lipinski definition) is 13. The van der Waals surface area contributed by atoms with Gasteiger partial charge in [0.05, 0.1) is 23.2 Å². The number of aromatic nitrogens is 4. The summed E-state index contributed by atoms with van der Waals surface area (Å²) in [7, 11) is 0.981. The molecule has 0 radical (unpaired) electrons. The molecule has 0 saturated carbocycles. The van der Waals surface area contributed by atoms with E-state index in [9.17, 15) is 37.5 Å². The van der Waals surface area contributed by atoms with E-state index in [0.29, 0.717) is 22.7 Å². The number of fused-ring (bicyclic) bond motifs is 1. The Labute approximate surface area is 386 Å². The zero-order chi connectivity index (χ0) is 48.4. The van der Waals surface area contributed by atoms with Crippen LogP contribution in [0.1, 0.15) is 48.1 Å². The van der Waals surface area contributed by atoms with Crippen LogP contribution in [0.4, 0.5) is 33.6 Å². The maximum Gasteiger partial charge on any atom is 0.421 e. The van der Waals surface area contributed by atoms with Gasteiger partial charge in [-0.25, -0.2) is 28.2 Å². The standard InChI is InChI=1S/C46H50N10O10S/c1-28-6-13-34(25-39(28)67(47,63)64)56(45-48-23-22-40(52-45)54(3)33-14-17-36-29(2)55(4)53-38(36)24-33)46(62)66-27-31-7-11-32(12-8-31)50-44(61)37(18-21-43(59)60)51-42(58)20-19-41(57)49-26-30-9-15-35(65-5)16-10-30/h6-17,22-25,37H,18-21,26-27H2,1-5H3,(H,49,57)(H,50,61)(H,51,58)(H,59,60)(H2,47,63,64)/t37-/m1/s1. The average molecular weight is 935 g/mol. The van der Waals surface area contributed by atoms with Crippen molar-refractivity contribution in [2.45, 2.75) is 63.6 Å². The molecule has 350 valence electrons. The summed E-state index contributed by atoms with van der Waals surface area (Å²) in [5, 5.41) is 28.3. The maximum absolute atomic E-state index is 14.0. The largest absolute Gasteiger partial charge is 0.497 e. The van der Waals surface area contributed by atoms with Gasteiger partial charge in [0.25, 0.3) is 0 Å². The normalized spacial score (nSPS) is 11.6. The zero-order valence-electron chi connectivity index (χ0n) is 37.3. The first kappa shape index (κ1) is 48.5. The van der Waals surface area contributed by atoms with Crippen LogP contribution >= 0.6 is 0 Å². The van der Waals surface area contributed by atoms with E-state index in [1.54, 1.807) is 73.1 Å². The fourth-order valence-electron chi connectivity index (χ4n) is 6.82. The van der Waals surface area contributed by atoms with Crippen molar-refractivity contribution >= 4 is 79.5 Å². The van der Waals surface area contributed by atoms with Crippen molar-refractivity contribution in [3.05, 3.63) is 120 Å². The minimum atomic E-state index is -4.21. The number of nitrogens with two attached hydrogens (primary N) is 1. The molecule has 6 aromatic rings. The topological polar surface area (TPSA) is 270 Å². The number of sulfonamides is 1. The Morgan fingerprint density at radius 2 is 1.55 bits per heavy atom. The van der Waals surface area contributed by atoms with Crippen molar-refractivity contribution in [3.63, 3.8) is 0 Å². The molecule has 6 N–H and O–H groups in total. The smallest absolute Gasteiger partial charge is 0.421 e. The fraction of sp³-hybridized carbons (Fsp3) is 0.261. The second kappa shape index (κ2) is 21.4. The van der Waals surface area contributed by atoms with Crippen molar-refractivity contribution in [2.24, 2.45) is 12.2 Å². The quantitative estimate of drug-likeness (QED) is 0.0693. The Balaban J connectivity index is 1.12. The molecule has 4 amide bonds. The van der Waals surface area contributed by atoms with E-state index in [2.05, 4.69) is 31.0 Å². The van der Waals surface area contributed by atoms with Crippen LogP contribution < -0.4 is 35.6 Å². The number of carboxylic acid groups (broad SMARTS) is 1. The Kier molecular flexibility index (Phi) is 15.5. The molecular weight excluding hydrogens is 885 g/mol. The van der Waals surface area contributed by atoms with Gasteiger partial charge in [0, 0.05) is 68.6 Å². The molecule has 67 heavy (non-hydrogen) atoms. The molecule has 4 aromatic carbocycles. The number of anilines is 5. The lowest BCUT2D eigenvalue weighted by Crippen LogP contribution is -2.44. The number of carboxylic acids is 1. The van der Waals surface area contributed by atoms with E-state index in [1.165, 1.54) is 36.5 Å². The van der Waals surface area contributed by atoms with E-state index < -0.39 is 52.3 Å². The van der Waals surface area contributed by atoms with E-state index in [-0.39, 0.29) is 54.6 Å². The number of aryl methyl sites for hydroxylation is 3. The summed E-state index contributed by atoms with van der Waals surface area (Å²) >= 11 is 0. The predicted octanol–water partition coefficient (Wildman–Crippen LogP) is 5.26. The zero-order valence-corrected chi connectivity index (χ0v) is 38.2. The number of rotatable bonds is 19. The monoisotopic (exact) mass is 934 g/mol. The molecule has 1 atom stereocenters. The number of hydrogen-bond donors (Lipinski definition) is 5. The first-order chi connectivity index (χ1) is 31.9. The molecule has 0 bridgehead atoms. The second-order valence-electron chi connectivity index (χ2n) is 15.4. The van der Waals surface area contributed by atoms with Gasteiger partial charge in [-0.05, 0) is 97.6 Å². The lowest BCUT2D eigenvalue weighted by Gasteiger charge is -2.24. The highest BCUT2D eigenvalue weighted by atomic mass is 32.2. The number of amides is 4. The first-order valence-electron chi connectivity index (χ1n) is 20.8. The van der Waals surface area contributed by atoms with Crippen LogP contribution in [0.5, 0.6) is 5.75 Å². The van der Waals surface area contributed by atoms with Crippen molar-refractivity contribution in [1.82, 2.24) is 30.4 Å². The number of aliphatic carboxylic acids is 1. The van der Waals surface area contributed by atoms with Gasteiger partial charge in [0.15, 0.2) is 0 Å². The van der Waals surface area contributed by atoms with Crippen LogP contribution in [-0.2, 0) is 54.1 Å². The molecule has 0 unspecified atom stereocenters. The van der Waals surface area contributed by atoms with Gasteiger partial charge in [0.2, 0.25) is 33.7 Å². The van der Waals surface area contributed by atoms with Gasteiger partial charge in [0.1, 0.15) is 24.2 Å². The molecule has 0 aliphatic heterocycles. The van der Waals surface area contributed by atoms with Gasteiger partial charge in [-0.3, -0.25) is 23.9 Å². The van der Waals surface area contributed by atoms with Crippen LogP contribution in [0.15, 0.2) is 102 Å². The highest BCUT2D eigenvalue weighted by molar-refractivity contribution is 7.89. The van der Waals surface area contributed by atoms with Gasteiger partial charge < -0.3 is 35.4 Å². The van der Waals surface area contributed by atoms with Crippen LogP contribution in [0.2, 0.25) is 0 Å². The van der Waals surface area contributed by atoms with Crippen LogP contribution in [0.25, 0.3) is 10.9 Å². The van der Waals surface area contributed by atoms with Crippen molar-refractivity contribution < 1.29 is 47.0 Å². The summed E-state index contributed by atoms with van der Waals surface area (Å²) in [5.41, 5.74) is 4.52. The van der Waals surface area contributed by atoms with Crippen molar-refractivity contribution in [1.29, 1.82) is 0 Å². The Bertz CT molecular complexity index is 2910. The molecular formula is C46H50N10O10S.